The summed E-state index contributed by atoms with van der Waals surface area (Å²) >= 11 is 1.29. The minimum absolute atomic E-state index is 0.0458. The van der Waals surface area contributed by atoms with Crippen molar-refractivity contribution in [3.63, 3.8) is 0 Å². The third kappa shape index (κ3) is 4.61. The predicted molar refractivity (Wildman–Crippen MR) is 128 cm³/mol. The van der Waals surface area contributed by atoms with Crippen LogP contribution in [0.25, 0.3) is 10.9 Å². The lowest BCUT2D eigenvalue weighted by Gasteiger charge is -2.19. The van der Waals surface area contributed by atoms with Crippen molar-refractivity contribution in [2.45, 2.75) is 44.8 Å². The molecule has 2 aromatic carbocycles. The molecule has 1 amide bonds. The largest absolute Gasteiger partial charge is 0.372 e. The van der Waals surface area contributed by atoms with Crippen molar-refractivity contribution in [2.75, 3.05) is 29.1 Å². The zero-order chi connectivity index (χ0) is 22.0. The van der Waals surface area contributed by atoms with Crippen LogP contribution in [0, 0.1) is 6.92 Å². The van der Waals surface area contributed by atoms with E-state index in [4.69, 9.17) is 0 Å². The first kappa shape index (κ1) is 21.4. The number of carbonyl (C=O) groups excluding carboxylic acids is 1. The molecule has 31 heavy (non-hydrogen) atoms. The average Bonchev–Trinajstić information content (AvgIpc) is 3.28. The third-order valence-corrected chi connectivity index (χ3v) is 6.53. The Hall–Kier alpha value is -2.80. The lowest BCUT2D eigenvalue weighted by atomic mass is 10.1. The lowest BCUT2D eigenvalue weighted by Crippen LogP contribution is -2.25. The summed E-state index contributed by atoms with van der Waals surface area (Å²) in [4.78, 5) is 32.6. The van der Waals surface area contributed by atoms with E-state index >= 15 is 0 Å². The molecule has 0 bridgehead atoms. The Bertz CT molecular complexity index is 1170. The molecule has 0 radical (unpaired) electrons. The molecule has 0 atom stereocenters. The third-order valence-electron chi connectivity index (χ3n) is 5.58. The van der Waals surface area contributed by atoms with Crippen molar-refractivity contribution < 1.29 is 4.79 Å². The lowest BCUT2D eigenvalue weighted by molar-refractivity contribution is -0.113. The molecule has 6 nitrogen and oxygen atoms in total. The van der Waals surface area contributed by atoms with Gasteiger partial charge in [0.25, 0.3) is 5.56 Å². The van der Waals surface area contributed by atoms with Crippen molar-refractivity contribution >= 4 is 39.9 Å². The van der Waals surface area contributed by atoms with Gasteiger partial charge in [0.2, 0.25) is 5.91 Å². The molecule has 1 saturated heterocycles. The van der Waals surface area contributed by atoms with Gasteiger partial charge in [0, 0.05) is 30.5 Å². The minimum Gasteiger partial charge on any atom is -0.372 e. The maximum absolute atomic E-state index is 12.9. The van der Waals surface area contributed by atoms with Crippen molar-refractivity contribution in [3.05, 3.63) is 58.4 Å². The van der Waals surface area contributed by atoms with Crippen LogP contribution in [0.15, 0.2) is 52.4 Å². The maximum atomic E-state index is 12.9. The molecular formula is C24H28N4O2S. The zero-order valence-corrected chi connectivity index (χ0v) is 19.0. The van der Waals surface area contributed by atoms with E-state index in [9.17, 15) is 9.59 Å². The first-order valence-corrected chi connectivity index (χ1v) is 11.7. The van der Waals surface area contributed by atoms with E-state index < -0.39 is 0 Å². The number of amides is 1. The van der Waals surface area contributed by atoms with E-state index in [2.05, 4.69) is 27.3 Å². The van der Waals surface area contributed by atoms with E-state index in [1.807, 2.05) is 45.0 Å². The summed E-state index contributed by atoms with van der Waals surface area (Å²) < 4.78 is 1.66. The quantitative estimate of drug-likeness (QED) is 0.451. The Morgan fingerprint density at radius 1 is 1.16 bits per heavy atom. The monoisotopic (exact) mass is 436 g/mol. The van der Waals surface area contributed by atoms with E-state index in [-0.39, 0.29) is 23.3 Å². The maximum Gasteiger partial charge on any atom is 0.262 e. The van der Waals surface area contributed by atoms with Crippen molar-refractivity contribution in [1.82, 2.24) is 9.55 Å². The Morgan fingerprint density at radius 2 is 1.90 bits per heavy atom. The molecule has 7 heteroatoms. The summed E-state index contributed by atoms with van der Waals surface area (Å²) in [5, 5.41) is 4.17. The summed E-state index contributed by atoms with van der Waals surface area (Å²) in [6, 6.07) is 13.5. The van der Waals surface area contributed by atoms with Gasteiger partial charge in [-0.1, -0.05) is 23.9 Å². The number of thioether (sulfide) groups is 1. The van der Waals surface area contributed by atoms with Crippen LogP contribution in [0.2, 0.25) is 0 Å². The molecule has 2 heterocycles. The number of nitrogens with one attached hydrogen (secondary N) is 1. The van der Waals surface area contributed by atoms with Crippen LogP contribution >= 0.6 is 11.8 Å². The molecule has 1 aliphatic heterocycles. The standard InChI is InChI=1S/C24H28N4O2S/c1-16(2)28-23(30)19-8-4-5-9-21(19)26-24(28)31-15-22(29)25-20-11-10-18(14-17(20)3)27-12-6-7-13-27/h4-5,8-11,14,16H,6-7,12-13,15H2,1-3H3,(H,25,29). The molecule has 0 aliphatic carbocycles. The summed E-state index contributed by atoms with van der Waals surface area (Å²) in [6.07, 6.45) is 2.47. The number of carbonyl (C=O) groups is 1. The van der Waals surface area contributed by atoms with E-state index in [1.165, 1.54) is 30.3 Å². The van der Waals surface area contributed by atoms with Crippen molar-refractivity contribution in [1.29, 1.82) is 0 Å². The van der Waals surface area contributed by atoms with Gasteiger partial charge >= 0.3 is 0 Å². The molecule has 4 rings (SSSR count). The van der Waals surface area contributed by atoms with Crippen LogP contribution in [0.4, 0.5) is 11.4 Å². The van der Waals surface area contributed by atoms with Gasteiger partial charge in [0.1, 0.15) is 0 Å². The van der Waals surface area contributed by atoms with E-state index in [0.29, 0.717) is 16.1 Å². The van der Waals surface area contributed by atoms with E-state index in [0.717, 1.165) is 24.3 Å². The average molecular weight is 437 g/mol. The topological polar surface area (TPSA) is 67.2 Å². The van der Waals surface area contributed by atoms with Crippen LogP contribution in [-0.4, -0.2) is 34.3 Å². The van der Waals surface area contributed by atoms with Crippen LogP contribution in [0.5, 0.6) is 0 Å². The Morgan fingerprint density at radius 3 is 2.61 bits per heavy atom. The minimum atomic E-state index is -0.111. The molecule has 1 fully saturated rings. The Labute approximate surface area is 186 Å². The molecule has 1 aromatic heterocycles. The van der Waals surface area contributed by atoms with Gasteiger partial charge in [0.15, 0.2) is 5.16 Å². The molecule has 3 aromatic rings. The zero-order valence-electron chi connectivity index (χ0n) is 18.2. The van der Waals surface area contributed by atoms with Gasteiger partial charge in [-0.15, -0.1) is 0 Å². The first-order valence-electron chi connectivity index (χ1n) is 10.7. The summed E-state index contributed by atoms with van der Waals surface area (Å²) in [7, 11) is 0. The van der Waals surface area contributed by atoms with Gasteiger partial charge in [-0.25, -0.2) is 4.98 Å². The molecule has 1 N–H and O–H groups in total. The number of aryl methyl sites for hydroxylation is 1. The second-order valence-corrected chi connectivity index (χ2v) is 9.15. The number of hydrogen-bond acceptors (Lipinski definition) is 5. The molecule has 0 spiro atoms. The number of para-hydroxylation sites is 1. The predicted octanol–water partition coefficient (Wildman–Crippen LogP) is 4.62. The van der Waals surface area contributed by atoms with Crippen molar-refractivity contribution in [3.8, 4) is 0 Å². The smallest absolute Gasteiger partial charge is 0.262 e. The number of fused-ring (bicyclic) bond motifs is 1. The molecule has 0 unspecified atom stereocenters. The van der Waals surface area contributed by atoms with Gasteiger partial charge < -0.3 is 10.2 Å². The normalized spacial score (nSPS) is 13.9. The highest BCUT2D eigenvalue weighted by molar-refractivity contribution is 7.99. The highest BCUT2D eigenvalue weighted by Gasteiger charge is 2.16. The number of nitrogens with zero attached hydrogens (tertiary/aromatic N) is 3. The number of hydrogen-bond donors (Lipinski definition) is 1. The van der Waals surface area contributed by atoms with Gasteiger partial charge in [-0.05, 0) is 69.5 Å². The van der Waals surface area contributed by atoms with E-state index in [1.54, 1.807) is 10.6 Å². The molecule has 1 aliphatic rings. The highest BCUT2D eigenvalue weighted by Crippen LogP contribution is 2.26. The fourth-order valence-corrected chi connectivity index (χ4v) is 4.89. The second-order valence-electron chi connectivity index (χ2n) is 8.21. The second kappa shape index (κ2) is 9.14. The fraction of sp³-hybridized carbons (Fsp3) is 0.375. The Kier molecular flexibility index (Phi) is 6.32. The summed E-state index contributed by atoms with van der Waals surface area (Å²) in [6.45, 7) is 8.11. The van der Waals surface area contributed by atoms with Crippen LogP contribution in [0.3, 0.4) is 0 Å². The van der Waals surface area contributed by atoms with Crippen molar-refractivity contribution in [2.24, 2.45) is 0 Å². The van der Waals surface area contributed by atoms with Crippen LogP contribution < -0.4 is 15.8 Å². The van der Waals surface area contributed by atoms with Gasteiger partial charge in [-0.3, -0.25) is 14.2 Å². The molecule has 162 valence electrons. The highest BCUT2D eigenvalue weighted by atomic mass is 32.2. The molecular weight excluding hydrogens is 408 g/mol. The fourth-order valence-electron chi connectivity index (χ4n) is 3.96. The summed E-state index contributed by atoms with van der Waals surface area (Å²) in [5.74, 6) is 0.0740. The van der Waals surface area contributed by atoms with Crippen LogP contribution in [-0.2, 0) is 4.79 Å². The summed E-state index contributed by atoms with van der Waals surface area (Å²) in [5.41, 5.74) is 3.66. The van der Waals surface area contributed by atoms with Crippen LogP contribution in [0.1, 0.15) is 38.3 Å². The molecule has 0 saturated carbocycles. The Balaban J connectivity index is 1.48. The SMILES string of the molecule is Cc1cc(N2CCCC2)ccc1NC(=O)CSc1nc2ccccc2c(=O)n1C(C)C. The van der Waals surface area contributed by atoms with Gasteiger partial charge in [0.05, 0.1) is 16.7 Å². The number of benzene rings is 2. The number of rotatable bonds is 6. The van der Waals surface area contributed by atoms with Gasteiger partial charge in [-0.2, -0.15) is 0 Å². The first-order chi connectivity index (χ1) is 14.9. The number of aromatic nitrogens is 2. The number of anilines is 2.